The number of hydrogen-bond acceptors (Lipinski definition) is 2. The van der Waals surface area contributed by atoms with Crippen LogP contribution in [0.2, 0.25) is 0 Å². The van der Waals surface area contributed by atoms with Crippen molar-refractivity contribution in [1.29, 1.82) is 0 Å². The Morgan fingerprint density at radius 3 is 2.56 bits per heavy atom. The molecule has 0 aliphatic heterocycles. The van der Waals surface area contributed by atoms with Crippen LogP contribution in [0.15, 0.2) is 18.3 Å². The molecule has 0 spiro atoms. The number of rotatable bonds is 7. The highest BCUT2D eigenvalue weighted by Crippen LogP contribution is 2.12. The molecule has 0 saturated carbocycles. The quantitative estimate of drug-likeness (QED) is 0.804. The number of nitrogens with one attached hydrogen (secondary N) is 1. The molecule has 0 aromatic carbocycles. The van der Waals surface area contributed by atoms with Crippen LogP contribution in [0.4, 0.5) is 0 Å². The lowest BCUT2D eigenvalue weighted by Gasteiger charge is -2.16. The van der Waals surface area contributed by atoms with Gasteiger partial charge in [-0.05, 0) is 37.8 Å². The van der Waals surface area contributed by atoms with E-state index in [0.29, 0.717) is 11.5 Å². The zero-order valence-electron chi connectivity index (χ0n) is 11.7. The second kappa shape index (κ2) is 7.85. The number of hydrogen-bond donors (Lipinski definition) is 1. The van der Waals surface area contributed by atoms with E-state index in [4.69, 9.17) is 0 Å². The van der Waals surface area contributed by atoms with Gasteiger partial charge in [-0.25, -0.2) is 0 Å². The van der Waals surface area contributed by atoms with Gasteiger partial charge in [0, 0.05) is 24.0 Å². The number of amides is 1. The SMILES string of the molecule is CCCC(CCC)CNC(=O)c1ccnc(C)c1. The van der Waals surface area contributed by atoms with Crippen molar-refractivity contribution >= 4 is 5.91 Å². The van der Waals surface area contributed by atoms with Gasteiger partial charge in [-0.3, -0.25) is 9.78 Å². The van der Waals surface area contributed by atoms with Crippen LogP contribution in [0.1, 0.15) is 55.6 Å². The van der Waals surface area contributed by atoms with Crippen LogP contribution in [0.3, 0.4) is 0 Å². The first kappa shape index (κ1) is 14.7. The van der Waals surface area contributed by atoms with Gasteiger partial charge in [0.2, 0.25) is 0 Å². The van der Waals surface area contributed by atoms with Crippen molar-refractivity contribution in [2.75, 3.05) is 6.54 Å². The van der Waals surface area contributed by atoms with Crippen LogP contribution < -0.4 is 5.32 Å². The topological polar surface area (TPSA) is 42.0 Å². The summed E-state index contributed by atoms with van der Waals surface area (Å²) in [6.07, 6.45) is 6.40. The predicted octanol–water partition coefficient (Wildman–Crippen LogP) is 3.34. The zero-order valence-corrected chi connectivity index (χ0v) is 11.7. The standard InChI is InChI=1S/C15H24N2O/c1-4-6-13(7-5-2)11-17-15(18)14-8-9-16-12(3)10-14/h8-10,13H,4-7,11H2,1-3H3,(H,17,18). The summed E-state index contributed by atoms with van der Waals surface area (Å²) in [7, 11) is 0. The summed E-state index contributed by atoms with van der Waals surface area (Å²) in [5, 5.41) is 3.03. The van der Waals surface area contributed by atoms with Crippen molar-refractivity contribution < 1.29 is 4.79 Å². The minimum atomic E-state index is 0.0118. The molecular formula is C15H24N2O. The zero-order chi connectivity index (χ0) is 13.4. The highest BCUT2D eigenvalue weighted by Gasteiger charge is 2.10. The minimum Gasteiger partial charge on any atom is -0.352 e. The molecule has 1 amide bonds. The average Bonchev–Trinajstić information content (AvgIpc) is 2.36. The maximum absolute atomic E-state index is 12.0. The van der Waals surface area contributed by atoms with Gasteiger partial charge in [-0.2, -0.15) is 0 Å². The van der Waals surface area contributed by atoms with E-state index in [9.17, 15) is 4.79 Å². The number of carbonyl (C=O) groups excluding carboxylic acids is 1. The molecule has 0 bridgehead atoms. The third kappa shape index (κ3) is 4.86. The lowest BCUT2D eigenvalue weighted by atomic mass is 9.98. The first-order chi connectivity index (χ1) is 8.67. The molecule has 1 N–H and O–H groups in total. The Labute approximate surface area is 110 Å². The Hall–Kier alpha value is -1.38. The van der Waals surface area contributed by atoms with Crippen molar-refractivity contribution in [1.82, 2.24) is 10.3 Å². The fraction of sp³-hybridized carbons (Fsp3) is 0.600. The second-order valence-corrected chi connectivity index (χ2v) is 4.84. The minimum absolute atomic E-state index is 0.0118. The van der Waals surface area contributed by atoms with Crippen LogP contribution in [0.5, 0.6) is 0 Å². The third-order valence-electron chi connectivity index (χ3n) is 3.10. The molecule has 100 valence electrons. The molecule has 1 heterocycles. The summed E-state index contributed by atoms with van der Waals surface area (Å²) < 4.78 is 0. The fourth-order valence-electron chi connectivity index (χ4n) is 2.19. The Morgan fingerprint density at radius 2 is 2.00 bits per heavy atom. The number of nitrogens with zero attached hydrogens (tertiary/aromatic N) is 1. The lowest BCUT2D eigenvalue weighted by molar-refractivity contribution is 0.0945. The van der Waals surface area contributed by atoms with Gasteiger partial charge in [0.15, 0.2) is 0 Å². The molecule has 0 saturated heterocycles. The lowest BCUT2D eigenvalue weighted by Crippen LogP contribution is -2.29. The molecule has 0 aliphatic rings. The monoisotopic (exact) mass is 248 g/mol. The van der Waals surface area contributed by atoms with Gasteiger partial charge >= 0.3 is 0 Å². The summed E-state index contributed by atoms with van der Waals surface area (Å²) in [5.74, 6) is 0.615. The molecule has 18 heavy (non-hydrogen) atoms. The van der Waals surface area contributed by atoms with E-state index in [1.54, 1.807) is 12.3 Å². The van der Waals surface area contributed by atoms with Crippen molar-refractivity contribution in [2.45, 2.75) is 46.5 Å². The highest BCUT2D eigenvalue weighted by atomic mass is 16.1. The smallest absolute Gasteiger partial charge is 0.251 e. The van der Waals surface area contributed by atoms with E-state index in [1.807, 2.05) is 13.0 Å². The largest absolute Gasteiger partial charge is 0.352 e. The Balaban J connectivity index is 2.49. The maximum Gasteiger partial charge on any atom is 0.251 e. The van der Waals surface area contributed by atoms with Crippen molar-refractivity contribution in [3.63, 3.8) is 0 Å². The average molecular weight is 248 g/mol. The molecule has 3 nitrogen and oxygen atoms in total. The van der Waals surface area contributed by atoms with Gasteiger partial charge in [-0.1, -0.05) is 26.7 Å². The van der Waals surface area contributed by atoms with Gasteiger partial charge < -0.3 is 5.32 Å². The molecule has 1 rings (SSSR count). The van der Waals surface area contributed by atoms with Crippen LogP contribution in [-0.4, -0.2) is 17.4 Å². The van der Waals surface area contributed by atoms with E-state index in [0.717, 1.165) is 12.2 Å². The molecule has 1 aromatic heterocycles. The summed E-state index contributed by atoms with van der Waals surface area (Å²) >= 11 is 0. The highest BCUT2D eigenvalue weighted by molar-refractivity contribution is 5.94. The predicted molar refractivity (Wildman–Crippen MR) is 74.6 cm³/mol. The first-order valence-corrected chi connectivity index (χ1v) is 6.88. The van der Waals surface area contributed by atoms with E-state index >= 15 is 0 Å². The fourth-order valence-corrected chi connectivity index (χ4v) is 2.19. The summed E-state index contributed by atoms with van der Waals surface area (Å²) in [5.41, 5.74) is 1.58. The van der Waals surface area contributed by atoms with E-state index in [1.165, 1.54) is 25.7 Å². The van der Waals surface area contributed by atoms with Gasteiger partial charge in [0.25, 0.3) is 5.91 Å². The number of carbonyl (C=O) groups is 1. The Morgan fingerprint density at radius 1 is 1.33 bits per heavy atom. The van der Waals surface area contributed by atoms with Gasteiger partial charge in [-0.15, -0.1) is 0 Å². The van der Waals surface area contributed by atoms with Crippen LogP contribution in [-0.2, 0) is 0 Å². The van der Waals surface area contributed by atoms with Crippen molar-refractivity contribution in [2.24, 2.45) is 5.92 Å². The number of pyridine rings is 1. The van der Waals surface area contributed by atoms with Crippen LogP contribution in [0, 0.1) is 12.8 Å². The normalized spacial score (nSPS) is 10.7. The molecule has 3 heteroatoms. The third-order valence-corrected chi connectivity index (χ3v) is 3.10. The molecule has 0 aliphatic carbocycles. The first-order valence-electron chi connectivity index (χ1n) is 6.88. The summed E-state index contributed by atoms with van der Waals surface area (Å²) in [6.45, 7) is 7.06. The van der Waals surface area contributed by atoms with Crippen molar-refractivity contribution in [3.05, 3.63) is 29.6 Å². The van der Waals surface area contributed by atoms with Crippen molar-refractivity contribution in [3.8, 4) is 0 Å². The summed E-state index contributed by atoms with van der Waals surface area (Å²) in [6, 6.07) is 3.58. The molecule has 0 radical (unpaired) electrons. The second-order valence-electron chi connectivity index (χ2n) is 4.84. The Bertz CT molecular complexity index is 371. The van der Waals surface area contributed by atoms with Gasteiger partial charge in [0.05, 0.1) is 0 Å². The number of aromatic nitrogens is 1. The number of aryl methyl sites for hydroxylation is 1. The molecule has 0 fully saturated rings. The molecular weight excluding hydrogens is 224 g/mol. The summed E-state index contributed by atoms with van der Waals surface area (Å²) in [4.78, 5) is 16.1. The molecule has 0 unspecified atom stereocenters. The van der Waals surface area contributed by atoms with E-state index in [2.05, 4.69) is 24.1 Å². The maximum atomic E-state index is 12.0. The molecule has 1 aromatic rings. The van der Waals surface area contributed by atoms with E-state index in [-0.39, 0.29) is 5.91 Å². The van der Waals surface area contributed by atoms with Crippen LogP contribution >= 0.6 is 0 Å². The molecule has 0 atom stereocenters. The van der Waals surface area contributed by atoms with Crippen LogP contribution in [0.25, 0.3) is 0 Å². The van der Waals surface area contributed by atoms with E-state index < -0.39 is 0 Å². The van der Waals surface area contributed by atoms with Gasteiger partial charge in [0.1, 0.15) is 0 Å². The Kier molecular flexibility index (Phi) is 6.40.